The van der Waals surface area contributed by atoms with Gasteiger partial charge in [0.25, 0.3) is 0 Å². The second-order valence-corrected chi connectivity index (χ2v) is 4.73. The van der Waals surface area contributed by atoms with Crippen LogP contribution in [0.3, 0.4) is 0 Å². The lowest BCUT2D eigenvalue weighted by molar-refractivity contribution is -0.384. The number of piperazine rings is 1. The van der Waals surface area contributed by atoms with E-state index < -0.39 is 4.92 Å². The Balaban J connectivity index is 2.29. The molecule has 21 heavy (non-hydrogen) atoms. The Kier molecular flexibility index (Phi) is 4.53. The van der Waals surface area contributed by atoms with E-state index in [-0.39, 0.29) is 17.1 Å². The highest BCUT2D eigenvalue weighted by Crippen LogP contribution is 2.27. The highest BCUT2D eigenvalue weighted by molar-refractivity contribution is 5.97. The SMILES string of the molecule is CCN1CCN(c2ncc(C(N)=NO)cc2[N+](=O)[O-])CC1. The van der Waals surface area contributed by atoms with Gasteiger partial charge in [-0.05, 0) is 6.54 Å². The Morgan fingerprint density at radius 3 is 2.71 bits per heavy atom. The van der Waals surface area contributed by atoms with Gasteiger partial charge in [0.1, 0.15) is 0 Å². The van der Waals surface area contributed by atoms with Gasteiger partial charge in [-0.3, -0.25) is 10.1 Å². The van der Waals surface area contributed by atoms with Gasteiger partial charge < -0.3 is 20.7 Å². The molecule has 2 heterocycles. The van der Waals surface area contributed by atoms with Gasteiger partial charge in [0.15, 0.2) is 5.84 Å². The van der Waals surface area contributed by atoms with E-state index in [0.717, 1.165) is 19.6 Å². The summed E-state index contributed by atoms with van der Waals surface area (Å²) in [7, 11) is 0. The molecule has 1 saturated heterocycles. The third kappa shape index (κ3) is 3.19. The molecule has 9 nitrogen and oxygen atoms in total. The molecule has 1 aromatic heterocycles. The van der Waals surface area contributed by atoms with Gasteiger partial charge in [-0.25, -0.2) is 4.98 Å². The van der Waals surface area contributed by atoms with Crippen molar-refractivity contribution in [2.45, 2.75) is 6.92 Å². The maximum Gasteiger partial charge on any atom is 0.312 e. The average molecular weight is 294 g/mol. The summed E-state index contributed by atoms with van der Waals surface area (Å²) in [5, 5.41) is 22.7. The van der Waals surface area contributed by atoms with Crippen molar-refractivity contribution in [1.82, 2.24) is 9.88 Å². The van der Waals surface area contributed by atoms with Gasteiger partial charge in [-0.2, -0.15) is 0 Å². The van der Waals surface area contributed by atoms with Crippen molar-refractivity contribution in [3.05, 3.63) is 27.9 Å². The molecule has 1 aliphatic rings. The largest absolute Gasteiger partial charge is 0.409 e. The second kappa shape index (κ2) is 6.35. The number of oxime groups is 1. The van der Waals surface area contributed by atoms with Crippen LogP contribution in [0.4, 0.5) is 11.5 Å². The lowest BCUT2D eigenvalue weighted by Gasteiger charge is -2.34. The van der Waals surface area contributed by atoms with E-state index in [1.807, 2.05) is 4.90 Å². The molecule has 0 amide bonds. The number of pyridine rings is 1. The van der Waals surface area contributed by atoms with Gasteiger partial charge in [0.05, 0.1) is 4.92 Å². The van der Waals surface area contributed by atoms with Crippen molar-refractivity contribution in [2.24, 2.45) is 10.9 Å². The topological polar surface area (TPSA) is 121 Å². The normalized spacial score (nSPS) is 17.0. The number of anilines is 1. The molecule has 0 bridgehead atoms. The highest BCUT2D eigenvalue weighted by Gasteiger charge is 2.25. The van der Waals surface area contributed by atoms with Crippen molar-refractivity contribution in [3.8, 4) is 0 Å². The van der Waals surface area contributed by atoms with Crippen LogP contribution in [0.2, 0.25) is 0 Å². The number of likely N-dealkylation sites (N-methyl/N-ethyl adjacent to an activating group) is 1. The Hall–Kier alpha value is -2.42. The summed E-state index contributed by atoms with van der Waals surface area (Å²) in [6.45, 7) is 6.11. The van der Waals surface area contributed by atoms with Crippen molar-refractivity contribution < 1.29 is 10.1 Å². The third-order valence-corrected chi connectivity index (χ3v) is 3.57. The number of hydrogen-bond acceptors (Lipinski definition) is 7. The van der Waals surface area contributed by atoms with Crippen LogP contribution < -0.4 is 10.6 Å². The maximum absolute atomic E-state index is 11.2. The second-order valence-electron chi connectivity index (χ2n) is 4.73. The Bertz CT molecular complexity index is 554. The Labute approximate surface area is 121 Å². The lowest BCUT2D eigenvalue weighted by Crippen LogP contribution is -2.46. The molecule has 1 fully saturated rings. The molecule has 0 radical (unpaired) electrons. The number of aromatic nitrogens is 1. The van der Waals surface area contributed by atoms with Gasteiger partial charge >= 0.3 is 5.69 Å². The first kappa shape index (κ1) is 15.0. The van der Waals surface area contributed by atoms with Crippen LogP contribution in [-0.4, -0.2) is 58.6 Å². The number of nitro groups is 1. The van der Waals surface area contributed by atoms with Crippen LogP contribution in [-0.2, 0) is 0 Å². The molecule has 114 valence electrons. The Morgan fingerprint density at radius 1 is 1.52 bits per heavy atom. The summed E-state index contributed by atoms with van der Waals surface area (Å²) >= 11 is 0. The summed E-state index contributed by atoms with van der Waals surface area (Å²) < 4.78 is 0. The molecule has 2 rings (SSSR count). The molecule has 0 spiro atoms. The van der Waals surface area contributed by atoms with E-state index in [9.17, 15) is 10.1 Å². The quantitative estimate of drug-likeness (QED) is 0.268. The molecule has 0 aliphatic carbocycles. The van der Waals surface area contributed by atoms with Crippen molar-refractivity contribution in [2.75, 3.05) is 37.6 Å². The van der Waals surface area contributed by atoms with E-state index in [2.05, 4.69) is 22.0 Å². The van der Waals surface area contributed by atoms with Gasteiger partial charge in [0.2, 0.25) is 5.82 Å². The number of hydrogen-bond donors (Lipinski definition) is 2. The van der Waals surface area contributed by atoms with Crippen LogP contribution in [0, 0.1) is 10.1 Å². The molecule has 0 aromatic carbocycles. The van der Waals surface area contributed by atoms with Crippen LogP contribution in [0.1, 0.15) is 12.5 Å². The minimum absolute atomic E-state index is 0.135. The summed E-state index contributed by atoms with van der Waals surface area (Å²) in [5.74, 6) is 0.123. The van der Waals surface area contributed by atoms with Crippen LogP contribution in [0.25, 0.3) is 0 Å². The lowest BCUT2D eigenvalue weighted by atomic mass is 10.2. The summed E-state index contributed by atoms with van der Waals surface area (Å²) in [4.78, 5) is 19.0. The molecule has 1 aromatic rings. The number of rotatable bonds is 4. The number of nitrogens with two attached hydrogens (primary N) is 1. The maximum atomic E-state index is 11.2. The van der Waals surface area contributed by atoms with Crippen molar-refractivity contribution in [1.29, 1.82) is 0 Å². The highest BCUT2D eigenvalue weighted by atomic mass is 16.6. The minimum atomic E-state index is -0.497. The van der Waals surface area contributed by atoms with Gasteiger partial charge in [-0.15, -0.1) is 0 Å². The molecule has 0 saturated carbocycles. The average Bonchev–Trinajstić information content (AvgIpc) is 2.53. The standard InChI is InChI=1S/C12H18N6O3/c1-2-16-3-5-17(6-4-16)12-10(18(20)21)7-9(8-14-12)11(13)15-19/h7-8,19H,2-6H2,1H3,(H2,13,15). The van der Waals surface area contributed by atoms with Crippen molar-refractivity contribution in [3.63, 3.8) is 0 Å². The minimum Gasteiger partial charge on any atom is -0.409 e. The zero-order valence-electron chi connectivity index (χ0n) is 11.8. The van der Waals surface area contributed by atoms with E-state index in [1.54, 1.807) is 0 Å². The zero-order valence-corrected chi connectivity index (χ0v) is 11.8. The van der Waals surface area contributed by atoms with Gasteiger partial charge in [-0.1, -0.05) is 12.1 Å². The first-order chi connectivity index (χ1) is 10.1. The fourth-order valence-corrected chi connectivity index (χ4v) is 2.30. The summed E-state index contributed by atoms with van der Waals surface area (Å²) in [6, 6.07) is 1.28. The molecule has 0 atom stereocenters. The van der Waals surface area contributed by atoms with Crippen LogP contribution >= 0.6 is 0 Å². The monoisotopic (exact) mass is 294 g/mol. The summed E-state index contributed by atoms with van der Waals surface area (Å²) in [5.41, 5.74) is 5.53. The molecular formula is C12H18N6O3. The molecule has 9 heteroatoms. The molecular weight excluding hydrogens is 276 g/mol. The van der Waals surface area contributed by atoms with E-state index in [1.165, 1.54) is 12.3 Å². The number of amidine groups is 1. The smallest absolute Gasteiger partial charge is 0.312 e. The zero-order chi connectivity index (χ0) is 15.4. The first-order valence-electron chi connectivity index (χ1n) is 6.66. The molecule has 1 aliphatic heterocycles. The molecule has 0 unspecified atom stereocenters. The van der Waals surface area contributed by atoms with Crippen LogP contribution in [0.5, 0.6) is 0 Å². The third-order valence-electron chi connectivity index (χ3n) is 3.57. The fourth-order valence-electron chi connectivity index (χ4n) is 2.30. The van der Waals surface area contributed by atoms with Crippen LogP contribution in [0.15, 0.2) is 17.4 Å². The Morgan fingerprint density at radius 2 is 2.19 bits per heavy atom. The predicted molar refractivity (Wildman–Crippen MR) is 77.7 cm³/mol. The number of nitrogens with zero attached hydrogens (tertiary/aromatic N) is 5. The molecule has 3 N–H and O–H groups in total. The fraction of sp³-hybridized carbons (Fsp3) is 0.500. The summed E-state index contributed by atoms with van der Waals surface area (Å²) in [6.07, 6.45) is 1.38. The van der Waals surface area contributed by atoms with E-state index in [0.29, 0.717) is 18.9 Å². The first-order valence-corrected chi connectivity index (χ1v) is 6.66. The van der Waals surface area contributed by atoms with Gasteiger partial charge in [0, 0.05) is 44.0 Å². The van der Waals surface area contributed by atoms with Crippen molar-refractivity contribution >= 4 is 17.3 Å². The van der Waals surface area contributed by atoms with E-state index >= 15 is 0 Å². The van der Waals surface area contributed by atoms with E-state index in [4.69, 9.17) is 10.9 Å². The predicted octanol–water partition coefficient (Wildman–Crippen LogP) is 0.226.